The Bertz CT molecular complexity index is 759. The highest BCUT2D eigenvalue weighted by atomic mass is 19.1. The molecule has 0 radical (unpaired) electrons. The summed E-state index contributed by atoms with van der Waals surface area (Å²) >= 11 is 0. The molecule has 0 aliphatic carbocycles. The second kappa shape index (κ2) is 6.75. The number of aryl methyl sites for hydroxylation is 1. The first kappa shape index (κ1) is 15.4. The van der Waals surface area contributed by atoms with E-state index < -0.39 is 0 Å². The number of halogens is 1. The maximum absolute atomic E-state index is 13.0. The molecule has 2 aromatic heterocycles. The zero-order valence-corrected chi connectivity index (χ0v) is 13.3. The molecule has 0 aliphatic rings. The molecule has 1 aromatic carbocycles. The van der Waals surface area contributed by atoms with Crippen LogP contribution in [0.25, 0.3) is 11.3 Å². The van der Waals surface area contributed by atoms with E-state index in [0.29, 0.717) is 6.54 Å². The van der Waals surface area contributed by atoms with Crippen molar-refractivity contribution in [2.45, 2.75) is 33.0 Å². The Hall–Kier alpha value is -2.47. The van der Waals surface area contributed by atoms with Crippen molar-refractivity contribution in [3.05, 3.63) is 59.8 Å². The van der Waals surface area contributed by atoms with E-state index in [4.69, 9.17) is 0 Å². The summed E-state index contributed by atoms with van der Waals surface area (Å²) in [4.78, 5) is 0. The molecule has 0 amide bonds. The third kappa shape index (κ3) is 3.65. The fraction of sp³-hybridized carbons (Fsp3) is 0.294. The van der Waals surface area contributed by atoms with Crippen LogP contribution in [0, 0.1) is 5.82 Å². The highest BCUT2D eigenvalue weighted by Crippen LogP contribution is 2.18. The van der Waals surface area contributed by atoms with Crippen LogP contribution < -0.4 is 5.32 Å². The number of H-pyrrole nitrogens is 1. The number of aromatic nitrogens is 4. The van der Waals surface area contributed by atoms with Gasteiger partial charge in [-0.1, -0.05) is 0 Å². The average Bonchev–Trinajstić information content (AvgIpc) is 3.22. The predicted octanol–water partition coefficient (Wildman–Crippen LogP) is 3.28. The molecule has 0 fully saturated rings. The third-order valence-corrected chi connectivity index (χ3v) is 3.80. The number of hydrogen-bond acceptors (Lipinski definition) is 3. The molecule has 2 heterocycles. The quantitative estimate of drug-likeness (QED) is 0.734. The number of nitrogens with zero attached hydrogens (tertiary/aromatic N) is 3. The first-order valence-corrected chi connectivity index (χ1v) is 7.72. The van der Waals surface area contributed by atoms with Crippen molar-refractivity contribution < 1.29 is 4.39 Å². The van der Waals surface area contributed by atoms with Gasteiger partial charge in [0.15, 0.2) is 0 Å². The minimum absolute atomic E-state index is 0.153. The number of rotatable bonds is 6. The van der Waals surface area contributed by atoms with Crippen LogP contribution in [0.1, 0.15) is 31.3 Å². The van der Waals surface area contributed by atoms with Gasteiger partial charge in [-0.2, -0.15) is 10.2 Å². The van der Waals surface area contributed by atoms with Crippen molar-refractivity contribution in [3.8, 4) is 11.3 Å². The molecule has 120 valence electrons. The van der Waals surface area contributed by atoms with E-state index in [1.54, 1.807) is 12.1 Å². The molecule has 0 saturated heterocycles. The summed E-state index contributed by atoms with van der Waals surface area (Å²) in [7, 11) is 0. The SMILES string of the molecule is CCn1ccc(C(C)NCc2cc(-c3ccc(F)cc3)n[nH]2)n1. The zero-order valence-electron chi connectivity index (χ0n) is 13.3. The van der Waals surface area contributed by atoms with Gasteiger partial charge in [0.2, 0.25) is 0 Å². The van der Waals surface area contributed by atoms with Gasteiger partial charge < -0.3 is 5.32 Å². The summed E-state index contributed by atoms with van der Waals surface area (Å²) in [6.07, 6.45) is 1.98. The van der Waals surface area contributed by atoms with Crippen molar-refractivity contribution in [1.29, 1.82) is 0 Å². The Morgan fingerprint density at radius 2 is 2.04 bits per heavy atom. The molecule has 1 unspecified atom stereocenters. The van der Waals surface area contributed by atoms with Crippen molar-refractivity contribution in [1.82, 2.24) is 25.3 Å². The van der Waals surface area contributed by atoms with E-state index >= 15 is 0 Å². The summed E-state index contributed by atoms with van der Waals surface area (Å²) in [5.41, 5.74) is 3.70. The highest BCUT2D eigenvalue weighted by Gasteiger charge is 2.10. The first-order chi connectivity index (χ1) is 11.2. The second-order valence-electron chi connectivity index (χ2n) is 5.48. The zero-order chi connectivity index (χ0) is 16.2. The van der Waals surface area contributed by atoms with Crippen LogP contribution in [0.2, 0.25) is 0 Å². The summed E-state index contributed by atoms with van der Waals surface area (Å²) in [5.74, 6) is -0.244. The molecule has 3 rings (SSSR count). The van der Waals surface area contributed by atoms with E-state index in [1.807, 2.05) is 23.0 Å². The Morgan fingerprint density at radius 1 is 1.26 bits per heavy atom. The van der Waals surface area contributed by atoms with E-state index in [2.05, 4.69) is 34.5 Å². The van der Waals surface area contributed by atoms with Crippen molar-refractivity contribution in [2.75, 3.05) is 0 Å². The highest BCUT2D eigenvalue weighted by molar-refractivity contribution is 5.58. The molecule has 0 aliphatic heterocycles. The smallest absolute Gasteiger partial charge is 0.123 e. The van der Waals surface area contributed by atoms with Gasteiger partial charge in [-0.15, -0.1) is 0 Å². The standard InChI is InChI=1S/C17H20FN5/c1-3-23-9-8-16(22-23)12(2)19-11-15-10-17(21-20-15)13-4-6-14(18)7-5-13/h4-10,12,19H,3,11H2,1-2H3,(H,20,21). The van der Waals surface area contributed by atoms with Crippen LogP contribution in [0.15, 0.2) is 42.6 Å². The van der Waals surface area contributed by atoms with Gasteiger partial charge in [0.05, 0.1) is 11.4 Å². The van der Waals surface area contributed by atoms with Crippen molar-refractivity contribution in [3.63, 3.8) is 0 Å². The minimum Gasteiger partial charge on any atom is -0.303 e. The van der Waals surface area contributed by atoms with Crippen LogP contribution >= 0.6 is 0 Å². The van der Waals surface area contributed by atoms with Crippen LogP contribution in [-0.2, 0) is 13.1 Å². The molecular formula is C17H20FN5. The maximum atomic E-state index is 13.0. The van der Waals surface area contributed by atoms with Gasteiger partial charge in [-0.25, -0.2) is 4.39 Å². The predicted molar refractivity (Wildman–Crippen MR) is 87.1 cm³/mol. The largest absolute Gasteiger partial charge is 0.303 e. The van der Waals surface area contributed by atoms with Gasteiger partial charge in [0.1, 0.15) is 5.82 Å². The lowest BCUT2D eigenvalue weighted by molar-refractivity contribution is 0.537. The van der Waals surface area contributed by atoms with E-state index in [-0.39, 0.29) is 11.9 Å². The van der Waals surface area contributed by atoms with Gasteiger partial charge in [0.25, 0.3) is 0 Å². The van der Waals surface area contributed by atoms with Gasteiger partial charge in [0, 0.05) is 36.6 Å². The molecular weight excluding hydrogens is 293 g/mol. The van der Waals surface area contributed by atoms with Crippen LogP contribution in [0.3, 0.4) is 0 Å². The lowest BCUT2D eigenvalue weighted by atomic mass is 10.1. The van der Waals surface area contributed by atoms with Crippen LogP contribution in [0.5, 0.6) is 0 Å². The normalized spacial score (nSPS) is 12.5. The molecule has 23 heavy (non-hydrogen) atoms. The summed E-state index contributed by atoms with van der Waals surface area (Å²) < 4.78 is 14.9. The third-order valence-electron chi connectivity index (χ3n) is 3.80. The Balaban J connectivity index is 1.61. The van der Waals surface area contributed by atoms with E-state index in [0.717, 1.165) is 29.2 Å². The Morgan fingerprint density at radius 3 is 2.74 bits per heavy atom. The monoisotopic (exact) mass is 313 g/mol. The molecule has 5 nitrogen and oxygen atoms in total. The molecule has 1 atom stereocenters. The second-order valence-corrected chi connectivity index (χ2v) is 5.48. The number of aromatic amines is 1. The lowest BCUT2D eigenvalue weighted by Crippen LogP contribution is -2.19. The fourth-order valence-electron chi connectivity index (χ4n) is 2.37. The summed E-state index contributed by atoms with van der Waals surface area (Å²) in [6, 6.07) is 10.5. The molecule has 0 bridgehead atoms. The topological polar surface area (TPSA) is 58.5 Å². The van der Waals surface area contributed by atoms with Gasteiger partial charge in [-0.05, 0) is 50.2 Å². The lowest BCUT2D eigenvalue weighted by Gasteiger charge is -2.10. The van der Waals surface area contributed by atoms with E-state index in [9.17, 15) is 4.39 Å². The summed E-state index contributed by atoms with van der Waals surface area (Å²) in [6.45, 7) is 5.68. The molecule has 6 heteroatoms. The van der Waals surface area contributed by atoms with E-state index in [1.165, 1.54) is 12.1 Å². The Labute approximate surface area is 134 Å². The fourth-order valence-corrected chi connectivity index (χ4v) is 2.37. The molecule has 0 saturated carbocycles. The molecule has 3 aromatic rings. The summed E-state index contributed by atoms with van der Waals surface area (Å²) in [5, 5.41) is 15.2. The van der Waals surface area contributed by atoms with Gasteiger partial charge >= 0.3 is 0 Å². The maximum Gasteiger partial charge on any atom is 0.123 e. The van der Waals surface area contributed by atoms with Crippen LogP contribution in [-0.4, -0.2) is 20.0 Å². The molecule has 0 spiro atoms. The number of nitrogens with one attached hydrogen (secondary N) is 2. The number of hydrogen-bond donors (Lipinski definition) is 2. The van der Waals surface area contributed by atoms with Crippen LogP contribution in [0.4, 0.5) is 4.39 Å². The van der Waals surface area contributed by atoms with Crippen molar-refractivity contribution >= 4 is 0 Å². The Kier molecular flexibility index (Phi) is 4.52. The first-order valence-electron chi connectivity index (χ1n) is 7.72. The van der Waals surface area contributed by atoms with Crippen molar-refractivity contribution in [2.24, 2.45) is 0 Å². The average molecular weight is 313 g/mol. The molecule has 2 N–H and O–H groups in total. The minimum atomic E-state index is -0.244. The van der Waals surface area contributed by atoms with Gasteiger partial charge in [-0.3, -0.25) is 9.78 Å². The number of benzene rings is 1.